The van der Waals surface area contributed by atoms with Gasteiger partial charge in [0.2, 0.25) is 0 Å². The zero-order chi connectivity index (χ0) is 37.9. The lowest BCUT2D eigenvalue weighted by molar-refractivity contribution is 0.669. The molecule has 0 saturated carbocycles. The molecule has 11 rings (SSSR count). The minimum absolute atomic E-state index is 0.295. The number of nitrogens with zero attached hydrogens (tertiary/aromatic N) is 2. The maximum Gasteiger partial charge on any atom is 0.160 e. The summed E-state index contributed by atoms with van der Waals surface area (Å²) in [4.78, 5) is 10.6. The van der Waals surface area contributed by atoms with E-state index in [1.807, 2.05) is 30.3 Å². The lowest BCUT2D eigenvalue weighted by Crippen LogP contribution is -2.22. The van der Waals surface area contributed by atoms with Crippen LogP contribution in [-0.4, -0.2) is 9.97 Å². The minimum atomic E-state index is -0.295. The molecule has 268 valence electrons. The second-order valence-electron chi connectivity index (χ2n) is 15.0. The van der Waals surface area contributed by atoms with E-state index < -0.39 is 0 Å². The summed E-state index contributed by atoms with van der Waals surface area (Å²) in [7, 11) is 0. The van der Waals surface area contributed by atoms with Crippen LogP contribution in [0.1, 0.15) is 23.6 Å². The summed E-state index contributed by atoms with van der Waals surface area (Å²) in [6.07, 6.45) is 0. The summed E-state index contributed by atoms with van der Waals surface area (Å²) in [6.45, 7) is 2.37. The van der Waals surface area contributed by atoms with Crippen molar-refractivity contribution < 1.29 is 4.42 Å². The molecular weight excluding hydrogens is 693 g/mol. The third kappa shape index (κ3) is 5.35. The highest BCUT2D eigenvalue weighted by Crippen LogP contribution is 2.52. The van der Waals surface area contributed by atoms with Crippen molar-refractivity contribution >= 4 is 21.9 Å². The van der Waals surface area contributed by atoms with Crippen molar-refractivity contribution in [1.82, 2.24) is 9.97 Å². The molecule has 2 heterocycles. The molecule has 10 aromatic rings. The lowest BCUT2D eigenvalue weighted by Gasteiger charge is -2.29. The minimum Gasteiger partial charge on any atom is -0.456 e. The molecule has 0 fully saturated rings. The summed E-state index contributed by atoms with van der Waals surface area (Å²) in [5.41, 5.74) is 17.3. The van der Waals surface area contributed by atoms with Crippen LogP contribution in [-0.2, 0) is 5.41 Å². The SMILES string of the molecule is CC1(c2cccc(-c3ccccc3-c3cc(-c4ccccc4-c4ccc5oc6ccccc6c5c4)nc(-c4ccccc4)n3)c2)c2ccccc2-c2ccccc21. The third-order valence-corrected chi connectivity index (χ3v) is 11.8. The van der Waals surface area contributed by atoms with Gasteiger partial charge in [0.25, 0.3) is 0 Å². The van der Waals surface area contributed by atoms with Crippen molar-refractivity contribution in [3.8, 4) is 67.3 Å². The van der Waals surface area contributed by atoms with Crippen LogP contribution < -0.4 is 0 Å². The Morgan fingerprint density at radius 1 is 0.368 bits per heavy atom. The van der Waals surface area contributed by atoms with Crippen LogP contribution >= 0.6 is 0 Å². The summed E-state index contributed by atoms with van der Waals surface area (Å²) < 4.78 is 6.19. The molecule has 1 aliphatic carbocycles. The molecule has 1 aliphatic rings. The van der Waals surface area contributed by atoms with Crippen molar-refractivity contribution in [3.63, 3.8) is 0 Å². The molecule has 3 heteroatoms. The number of aromatic nitrogens is 2. The molecule has 0 unspecified atom stereocenters. The fraction of sp³-hybridized carbons (Fsp3) is 0.0370. The van der Waals surface area contributed by atoms with Gasteiger partial charge in [-0.1, -0.05) is 170 Å². The van der Waals surface area contributed by atoms with Gasteiger partial charge in [0.1, 0.15) is 11.2 Å². The first-order chi connectivity index (χ1) is 28.1. The van der Waals surface area contributed by atoms with E-state index >= 15 is 0 Å². The third-order valence-electron chi connectivity index (χ3n) is 11.8. The summed E-state index contributed by atoms with van der Waals surface area (Å²) in [5, 5.41) is 2.21. The Hall–Kier alpha value is -7.36. The van der Waals surface area contributed by atoms with Crippen LogP contribution in [0.2, 0.25) is 0 Å². The van der Waals surface area contributed by atoms with Crippen LogP contribution in [0.25, 0.3) is 89.2 Å². The number of rotatable bonds is 6. The van der Waals surface area contributed by atoms with Crippen LogP contribution in [0, 0.1) is 0 Å². The Labute approximate surface area is 331 Å². The van der Waals surface area contributed by atoms with Gasteiger partial charge in [0, 0.05) is 32.9 Å². The summed E-state index contributed by atoms with van der Waals surface area (Å²) in [6, 6.07) is 71.1. The summed E-state index contributed by atoms with van der Waals surface area (Å²) in [5.74, 6) is 0.685. The fourth-order valence-electron chi connectivity index (χ4n) is 9.01. The Morgan fingerprint density at radius 2 is 0.877 bits per heavy atom. The Bertz CT molecular complexity index is 3110. The van der Waals surface area contributed by atoms with Gasteiger partial charge < -0.3 is 4.42 Å². The molecular formula is C54H36N2O. The van der Waals surface area contributed by atoms with Gasteiger partial charge in [0.05, 0.1) is 11.4 Å². The fourth-order valence-corrected chi connectivity index (χ4v) is 9.01. The topological polar surface area (TPSA) is 38.9 Å². The normalized spacial score (nSPS) is 12.8. The zero-order valence-corrected chi connectivity index (χ0v) is 31.4. The maximum absolute atomic E-state index is 6.19. The van der Waals surface area contributed by atoms with E-state index in [-0.39, 0.29) is 5.41 Å². The Kier molecular flexibility index (Phi) is 7.61. The predicted molar refractivity (Wildman–Crippen MR) is 234 cm³/mol. The lowest BCUT2D eigenvalue weighted by atomic mass is 9.73. The second-order valence-corrected chi connectivity index (χ2v) is 15.0. The molecule has 3 nitrogen and oxygen atoms in total. The Morgan fingerprint density at radius 3 is 1.54 bits per heavy atom. The smallest absolute Gasteiger partial charge is 0.160 e. The van der Waals surface area contributed by atoms with Gasteiger partial charge in [-0.15, -0.1) is 0 Å². The van der Waals surface area contributed by atoms with Crippen molar-refractivity contribution in [2.24, 2.45) is 0 Å². The van der Waals surface area contributed by atoms with Gasteiger partial charge in [0.15, 0.2) is 5.82 Å². The highest BCUT2D eigenvalue weighted by molar-refractivity contribution is 6.06. The quantitative estimate of drug-likeness (QED) is 0.171. The van der Waals surface area contributed by atoms with E-state index in [2.05, 4.69) is 177 Å². The van der Waals surface area contributed by atoms with Gasteiger partial charge in [-0.2, -0.15) is 0 Å². The van der Waals surface area contributed by atoms with E-state index in [1.54, 1.807) is 0 Å². The average molecular weight is 729 g/mol. The molecule has 0 N–H and O–H groups in total. The molecule has 57 heavy (non-hydrogen) atoms. The van der Waals surface area contributed by atoms with E-state index in [9.17, 15) is 0 Å². The van der Waals surface area contributed by atoms with Crippen molar-refractivity contribution in [3.05, 3.63) is 217 Å². The standard InChI is InChI=1S/C54H36N2O/c1-54(47-27-12-9-22-41(47)42-23-10-13-28-48(42)54)38-19-15-18-36(32-38)39-20-5-7-24-43(39)49-34-50(56-53(55-49)35-16-3-2-4-17-35)44-25-8-6-21-40(44)37-30-31-52-46(33-37)45-26-11-14-29-51(45)57-52/h2-34H,1H3. The molecule has 0 bridgehead atoms. The van der Waals surface area contributed by atoms with E-state index in [1.165, 1.54) is 27.8 Å². The number of fused-ring (bicyclic) bond motifs is 6. The number of para-hydroxylation sites is 1. The monoisotopic (exact) mass is 728 g/mol. The number of hydrogen-bond acceptors (Lipinski definition) is 3. The van der Waals surface area contributed by atoms with Crippen LogP contribution in [0.5, 0.6) is 0 Å². The van der Waals surface area contributed by atoms with Gasteiger partial charge in [-0.05, 0) is 87.3 Å². The highest BCUT2D eigenvalue weighted by Gasteiger charge is 2.40. The first-order valence-electron chi connectivity index (χ1n) is 19.5. The average Bonchev–Trinajstić information content (AvgIpc) is 3.79. The second kappa shape index (κ2) is 13.1. The maximum atomic E-state index is 6.19. The molecule has 0 atom stereocenters. The van der Waals surface area contributed by atoms with Crippen LogP contribution in [0.15, 0.2) is 205 Å². The molecule has 0 aliphatic heterocycles. The van der Waals surface area contributed by atoms with Gasteiger partial charge >= 0.3 is 0 Å². The molecule has 0 spiro atoms. The van der Waals surface area contributed by atoms with E-state index in [4.69, 9.17) is 14.4 Å². The van der Waals surface area contributed by atoms with Crippen molar-refractivity contribution in [2.45, 2.75) is 12.3 Å². The van der Waals surface area contributed by atoms with Crippen molar-refractivity contribution in [2.75, 3.05) is 0 Å². The first-order valence-corrected chi connectivity index (χ1v) is 19.5. The molecule has 2 aromatic heterocycles. The zero-order valence-electron chi connectivity index (χ0n) is 31.4. The van der Waals surface area contributed by atoms with E-state index in [0.717, 1.165) is 72.3 Å². The number of benzene rings is 8. The van der Waals surface area contributed by atoms with E-state index in [0.29, 0.717) is 5.82 Å². The molecule has 0 amide bonds. The predicted octanol–water partition coefficient (Wildman–Crippen LogP) is 14.0. The van der Waals surface area contributed by atoms with Crippen molar-refractivity contribution in [1.29, 1.82) is 0 Å². The largest absolute Gasteiger partial charge is 0.456 e. The molecule has 8 aromatic carbocycles. The van der Waals surface area contributed by atoms with Gasteiger partial charge in [-0.3, -0.25) is 0 Å². The molecule has 0 saturated heterocycles. The highest BCUT2D eigenvalue weighted by atomic mass is 16.3. The summed E-state index contributed by atoms with van der Waals surface area (Å²) >= 11 is 0. The van der Waals surface area contributed by atoms with Crippen LogP contribution in [0.3, 0.4) is 0 Å². The number of hydrogen-bond donors (Lipinski definition) is 0. The Balaban J connectivity index is 1.07. The number of furan rings is 1. The van der Waals surface area contributed by atoms with Crippen LogP contribution in [0.4, 0.5) is 0 Å². The first kappa shape index (κ1) is 33.0. The molecule has 0 radical (unpaired) electrons. The van der Waals surface area contributed by atoms with Gasteiger partial charge in [-0.25, -0.2) is 9.97 Å².